The molecule has 0 aliphatic rings. The summed E-state index contributed by atoms with van der Waals surface area (Å²) < 4.78 is 13.3. The first-order valence-corrected chi connectivity index (χ1v) is 7.14. The van der Waals surface area contributed by atoms with Crippen molar-refractivity contribution < 1.29 is 19.1 Å². The molecule has 1 atom stereocenters. The summed E-state index contributed by atoms with van der Waals surface area (Å²) >= 11 is 1.50. The minimum atomic E-state index is -1.09. The Kier molecular flexibility index (Phi) is 5.82. The van der Waals surface area contributed by atoms with Gasteiger partial charge < -0.3 is 10.4 Å². The maximum Gasteiger partial charge on any atom is 0.326 e. The van der Waals surface area contributed by atoms with E-state index < -0.39 is 23.7 Å². The van der Waals surface area contributed by atoms with Crippen LogP contribution in [-0.4, -0.2) is 35.0 Å². The number of hydrogen-bond donors (Lipinski definition) is 2. The number of halogens is 1. The van der Waals surface area contributed by atoms with E-state index in [-0.39, 0.29) is 5.56 Å². The minimum absolute atomic E-state index is 0.124. The number of thioether (sulfide) groups is 1. The molecule has 0 radical (unpaired) electrons. The summed E-state index contributed by atoms with van der Waals surface area (Å²) in [7, 11) is 0. The van der Waals surface area contributed by atoms with Crippen LogP contribution in [0.1, 0.15) is 22.3 Å². The van der Waals surface area contributed by atoms with E-state index in [1.165, 1.54) is 23.9 Å². The standard InChI is InChI=1S/C13H16FNO3S/c1-8-3-4-9(7-10(8)14)12(16)15-11(13(17)18)5-6-19-2/h3-4,7,11H,5-6H2,1-2H3,(H,15,16)(H,17,18)/t11-/m1/s1. The molecule has 0 spiro atoms. The van der Waals surface area contributed by atoms with E-state index in [4.69, 9.17) is 5.11 Å². The monoisotopic (exact) mass is 285 g/mol. The van der Waals surface area contributed by atoms with Gasteiger partial charge in [0.2, 0.25) is 0 Å². The van der Waals surface area contributed by atoms with Crippen molar-refractivity contribution in [3.8, 4) is 0 Å². The largest absolute Gasteiger partial charge is 0.480 e. The third-order valence-electron chi connectivity index (χ3n) is 2.65. The maximum absolute atomic E-state index is 13.3. The molecule has 1 rings (SSSR count). The van der Waals surface area contributed by atoms with Crippen LogP contribution in [0.3, 0.4) is 0 Å². The molecule has 2 N–H and O–H groups in total. The van der Waals surface area contributed by atoms with Crippen molar-refractivity contribution in [3.63, 3.8) is 0 Å². The van der Waals surface area contributed by atoms with Gasteiger partial charge in [-0.2, -0.15) is 11.8 Å². The van der Waals surface area contributed by atoms with Gasteiger partial charge in [0.05, 0.1) is 0 Å². The predicted molar refractivity (Wildman–Crippen MR) is 73.0 cm³/mol. The lowest BCUT2D eigenvalue weighted by atomic mass is 10.1. The van der Waals surface area contributed by atoms with Crippen molar-refractivity contribution in [2.24, 2.45) is 0 Å². The fraction of sp³-hybridized carbons (Fsp3) is 0.385. The molecular weight excluding hydrogens is 269 g/mol. The van der Waals surface area contributed by atoms with Gasteiger partial charge in [0.25, 0.3) is 5.91 Å². The molecule has 0 bridgehead atoms. The summed E-state index contributed by atoms with van der Waals surface area (Å²) in [6, 6.07) is 3.12. The molecule has 0 saturated carbocycles. The number of aliphatic carboxylic acids is 1. The van der Waals surface area contributed by atoms with Crippen LogP contribution in [0.2, 0.25) is 0 Å². The zero-order valence-corrected chi connectivity index (χ0v) is 11.6. The van der Waals surface area contributed by atoms with Crippen LogP contribution >= 0.6 is 11.8 Å². The van der Waals surface area contributed by atoms with Crippen molar-refractivity contribution >= 4 is 23.6 Å². The maximum atomic E-state index is 13.3. The van der Waals surface area contributed by atoms with Gasteiger partial charge in [-0.25, -0.2) is 9.18 Å². The topological polar surface area (TPSA) is 66.4 Å². The SMILES string of the molecule is CSCC[C@@H](NC(=O)c1ccc(C)c(F)c1)C(=O)O. The van der Waals surface area contributed by atoms with Gasteiger partial charge in [0.15, 0.2) is 0 Å². The molecule has 0 aliphatic heterocycles. The zero-order valence-electron chi connectivity index (χ0n) is 10.8. The Morgan fingerprint density at radius 3 is 2.68 bits per heavy atom. The van der Waals surface area contributed by atoms with Gasteiger partial charge in [-0.1, -0.05) is 6.07 Å². The number of amides is 1. The molecule has 0 fully saturated rings. The summed E-state index contributed by atoms with van der Waals surface area (Å²) in [5.41, 5.74) is 0.562. The molecule has 1 aromatic rings. The van der Waals surface area contributed by atoms with Gasteiger partial charge >= 0.3 is 5.97 Å². The van der Waals surface area contributed by atoms with E-state index in [0.717, 1.165) is 6.07 Å². The van der Waals surface area contributed by atoms with Crippen molar-refractivity contribution in [1.82, 2.24) is 5.32 Å². The first-order chi connectivity index (χ1) is 8.95. The number of hydrogen-bond acceptors (Lipinski definition) is 3. The van der Waals surface area contributed by atoms with Crippen LogP contribution in [0.25, 0.3) is 0 Å². The van der Waals surface area contributed by atoms with Crippen LogP contribution in [0.4, 0.5) is 4.39 Å². The van der Waals surface area contributed by atoms with E-state index in [1.54, 1.807) is 6.92 Å². The molecule has 1 amide bonds. The lowest BCUT2D eigenvalue weighted by Crippen LogP contribution is -2.41. The molecule has 0 heterocycles. The number of carbonyl (C=O) groups is 2. The van der Waals surface area contributed by atoms with Crippen LogP contribution in [0, 0.1) is 12.7 Å². The number of nitrogens with one attached hydrogen (secondary N) is 1. The molecule has 4 nitrogen and oxygen atoms in total. The Morgan fingerprint density at radius 2 is 2.16 bits per heavy atom. The molecule has 0 unspecified atom stereocenters. The second-order valence-corrected chi connectivity index (χ2v) is 5.10. The number of carbonyl (C=O) groups excluding carboxylic acids is 1. The third kappa shape index (κ3) is 4.55. The summed E-state index contributed by atoms with van der Waals surface area (Å²) in [6.07, 6.45) is 2.19. The Hall–Kier alpha value is -1.56. The summed E-state index contributed by atoms with van der Waals surface area (Å²) in [4.78, 5) is 22.8. The summed E-state index contributed by atoms with van der Waals surface area (Å²) in [5, 5.41) is 11.4. The molecule has 6 heteroatoms. The molecule has 0 aromatic heterocycles. The lowest BCUT2D eigenvalue weighted by molar-refractivity contribution is -0.139. The molecular formula is C13H16FNO3S. The van der Waals surface area contributed by atoms with Crippen LogP contribution in [0.15, 0.2) is 18.2 Å². The summed E-state index contributed by atoms with van der Waals surface area (Å²) in [6.45, 7) is 1.59. The van der Waals surface area contributed by atoms with E-state index in [0.29, 0.717) is 17.7 Å². The fourth-order valence-electron chi connectivity index (χ4n) is 1.47. The minimum Gasteiger partial charge on any atom is -0.480 e. The number of benzene rings is 1. The second kappa shape index (κ2) is 7.13. The van der Waals surface area contributed by atoms with Crippen molar-refractivity contribution in [1.29, 1.82) is 0 Å². The molecule has 19 heavy (non-hydrogen) atoms. The highest BCUT2D eigenvalue weighted by Crippen LogP contribution is 2.10. The third-order valence-corrected chi connectivity index (χ3v) is 3.29. The number of carboxylic acids is 1. The van der Waals surface area contributed by atoms with Crippen LogP contribution < -0.4 is 5.32 Å². The van der Waals surface area contributed by atoms with E-state index in [9.17, 15) is 14.0 Å². The smallest absolute Gasteiger partial charge is 0.326 e. The van der Waals surface area contributed by atoms with Gasteiger partial charge in [0.1, 0.15) is 11.9 Å². The van der Waals surface area contributed by atoms with Crippen molar-refractivity contribution in [3.05, 3.63) is 35.1 Å². The average molecular weight is 285 g/mol. The first-order valence-electron chi connectivity index (χ1n) is 5.74. The average Bonchev–Trinajstić information content (AvgIpc) is 2.37. The second-order valence-electron chi connectivity index (χ2n) is 4.11. The van der Waals surface area contributed by atoms with Gasteiger partial charge in [-0.15, -0.1) is 0 Å². The fourth-order valence-corrected chi connectivity index (χ4v) is 1.94. The first kappa shape index (κ1) is 15.5. The van der Waals surface area contributed by atoms with E-state index >= 15 is 0 Å². The molecule has 1 aromatic carbocycles. The molecule has 0 saturated heterocycles. The van der Waals surface area contributed by atoms with E-state index in [1.807, 2.05) is 6.26 Å². The van der Waals surface area contributed by atoms with Crippen molar-refractivity contribution in [2.45, 2.75) is 19.4 Å². The Morgan fingerprint density at radius 1 is 1.47 bits per heavy atom. The molecule has 104 valence electrons. The highest BCUT2D eigenvalue weighted by atomic mass is 32.2. The lowest BCUT2D eigenvalue weighted by Gasteiger charge is -2.14. The zero-order chi connectivity index (χ0) is 14.4. The number of aryl methyl sites for hydroxylation is 1. The highest BCUT2D eigenvalue weighted by Gasteiger charge is 2.20. The highest BCUT2D eigenvalue weighted by molar-refractivity contribution is 7.98. The Balaban J connectivity index is 2.75. The Bertz CT molecular complexity index is 479. The molecule has 0 aliphatic carbocycles. The Labute approximate surface area is 115 Å². The predicted octanol–water partition coefficient (Wildman–Crippen LogP) is 2.07. The number of rotatable bonds is 6. The normalized spacial score (nSPS) is 11.9. The van der Waals surface area contributed by atoms with Gasteiger partial charge in [0, 0.05) is 5.56 Å². The van der Waals surface area contributed by atoms with Crippen LogP contribution in [-0.2, 0) is 4.79 Å². The van der Waals surface area contributed by atoms with Crippen LogP contribution in [0.5, 0.6) is 0 Å². The van der Waals surface area contributed by atoms with Crippen molar-refractivity contribution in [2.75, 3.05) is 12.0 Å². The van der Waals surface area contributed by atoms with Gasteiger partial charge in [-0.3, -0.25) is 4.79 Å². The van der Waals surface area contributed by atoms with Gasteiger partial charge in [-0.05, 0) is 43.0 Å². The summed E-state index contributed by atoms with van der Waals surface area (Å²) in [5.74, 6) is -1.52. The quantitative estimate of drug-likeness (QED) is 0.839. The van der Waals surface area contributed by atoms with E-state index in [2.05, 4.69) is 5.32 Å². The number of carboxylic acid groups (broad SMARTS) is 1.